The van der Waals surface area contributed by atoms with Crippen molar-refractivity contribution in [3.63, 3.8) is 0 Å². The number of nitrogens with one attached hydrogen (secondary N) is 2. The summed E-state index contributed by atoms with van der Waals surface area (Å²) in [5, 5.41) is 9.34. The molecule has 0 aliphatic carbocycles. The molecule has 10 heteroatoms. The summed E-state index contributed by atoms with van der Waals surface area (Å²) in [5.74, 6) is -2.31. The number of ether oxygens (including phenoxy) is 2. The van der Waals surface area contributed by atoms with Crippen molar-refractivity contribution < 1.29 is 27.8 Å². The van der Waals surface area contributed by atoms with Crippen LogP contribution in [0.5, 0.6) is 5.75 Å². The van der Waals surface area contributed by atoms with Crippen LogP contribution >= 0.6 is 0 Å². The van der Waals surface area contributed by atoms with E-state index < -0.39 is 29.7 Å². The molecule has 4 rings (SSSR count). The predicted molar refractivity (Wildman–Crippen MR) is 110 cm³/mol. The predicted octanol–water partition coefficient (Wildman–Crippen LogP) is 3.70. The largest absolute Gasteiger partial charge is 0.492 e. The molecule has 1 aliphatic rings. The second kappa shape index (κ2) is 9.04. The maximum atomic E-state index is 13.4. The number of nitrogens with zero attached hydrogens (tertiary/aromatic N) is 2. The van der Waals surface area contributed by atoms with Crippen molar-refractivity contribution in [2.45, 2.75) is 19.1 Å². The van der Waals surface area contributed by atoms with Crippen LogP contribution < -0.4 is 15.4 Å². The molecule has 2 amide bonds. The standard InChI is InChI=1S/C22H20F2N4O4/c1-28-14(7-9-25-28)12-32-22(30)27-19-8-10-31-20-15(19)3-2-4-16(20)21(29)26-13-5-6-17(23)18(24)11-13/h2-7,9,11,19H,8,10,12H2,1H3,(H,26,29)(H,27,30)/t19-/m0/s1. The molecule has 1 aromatic heterocycles. The van der Waals surface area contributed by atoms with Gasteiger partial charge in [-0.15, -0.1) is 0 Å². The zero-order valence-corrected chi connectivity index (χ0v) is 17.1. The van der Waals surface area contributed by atoms with E-state index in [0.717, 1.165) is 17.8 Å². The van der Waals surface area contributed by atoms with E-state index in [1.165, 1.54) is 6.07 Å². The second-order valence-electron chi connectivity index (χ2n) is 7.16. The highest BCUT2D eigenvalue weighted by molar-refractivity contribution is 6.06. The van der Waals surface area contributed by atoms with Gasteiger partial charge in [0.05, 0.1) is 23.9 Å². The lowest BCUT2D eigenvalue weighted by atomic mass is 9.97. The number of aromatic nitrogens is 2. The summed E-state index contributed by atoms with van der Waals surface area (Å²) in [6, 6.07) is 9.36. The van der Waals surface area contributed by atoms with Gasteiger partial charge < -0.3 is 20.1 Å². The smallest absolute Gasteiger partial charge is 0.408 e. The Kier molecular flexibility index (Phi) is 6.02. The highest BCUT2D eigenvalue weighted by atomic mass is 19.2. The number of para-hydroxylation sites is 1. The van der Waals surface area contributed by atoms with Crippen molar-refractivity contribution in [1.29, 1.82) is 0 Å². The Hall–Kier alpha value is -3.95. The van der Waals surface area contributed by atoms with E-state index in [-0.39, 0.29) is 24.5 Å². The molecule has 0 unspecified atom stereocenters. The lowest BCUT2D eigenvalue weighted by Crippen LogP contribution is -2.33. The van der Waals surface area contributed by atoms with Crippen LogP contribution in [-0.4, -0.2) is 28.4 Å². The monoisotopic (exact) mass is 442 g/mol. The first-order valence-corrected chi connectivity index (χ1v) is 9.84. The molecule has 2 aromatic carbocycles. The summed E-state index contributed by atoms with van der Waals surface area (Å²) in [5.41, 5.74) is 1.67. The molecule has 0 spiro atoms. The van der Waals surface area contributed by atoms with Crippen LogP contribution in [0.3, 0.4) is 0 Å². The first-order chi connectivity index (χ1) is 15.4. The van der Waals surface area contributed by atoms with Gasteiger partial charge in [0, 0.05) is 37.0 Å². The molecule has 1 atom stereocenters. The third-order valence-electron chi connectivity index (χ3n) is 5.06. The SMILES string of the molecule is Cn1nccc1COC(=O)N[C@H]1CCOc2c(C(=O)Nc3ccc(F)c(F)c3)cccc21. The van der Waals surface area contributed by atoms with Crippen molar-refractivity contribution in [3.8, 4) is 5.75 Å². The Morgan fingerprint density at radius 1 is 1.22 bits per heavy atom. The minimum absolute atomic E-state index is 0.0646. The molecule has 166 valence electrons. The van der Waals surface area contributed by atoms with Gasteiger partial charge in [0.2, 0.25) is 0 Å². The number of hydrogen-bond donors (Lipinski definition) is 2. The average Bonchev–Trinajstić information content (AvgIpc) is 3.19. The minimum Gasteiger partial charge on any atom is -0.492 e. The maximum absolute atomic E-state index is 13.4. The van der Waals surface area contributed by atoms with Crippen LogP contribution in [0.25, 0.3) is 0 Å². The zero-order chi connectivity index (χ0) is 22.7. The van der Waals surface area contributed by atoms with Crippen LogP contribution in [0, 0.1) is 11.6 Å². The number of anilines is 1. The van der Waals surface area contributed by atoms with Gasteiger partial charge in [0.15, 0.2) is 11.6 Å². The molecule has 1 aliphatic heterocycles. The fourth-order valence-corrected chi connectivity index (χ4v) is 3.39. The third kappa shape index (κ3) is 4.53. The quantitative estimate of drug-likeness (QED) is 0.628. The van der Waals surface area contributed by atoms with Crippen LogP contribution in [0.1, 0.15) is 34.1 Å². The highest BCUT2D eigenvalue weighted by Gasteiger charge is 2.27. The first kappa shape index (κ1) is 21.3. The van der Waals surface area contributed by atoms with E-state index in [2.05, 4.69) is 15.7 Å². The lowest BCUT2D eigenvalue weighted by molar-refractivity contribution is 0.102. The van der Waals surface area contributed by atoms with Crippen molar-refractivity contribution in [2.24, 2.45) is 7.05 Å². The van der Waals surface area contributed by atoms with Gasteiger partial charge in [-0.1, -0.05) is 12.1 Å². The van der Waals surface area contributed by atoms with Gasteiger partial charge in [-0.2, -0.15) is 5.10 Å². The van der Waals surface area contributed by atoms with E-state index in [1.807, 2.05) is 0 Å². The maximum Gasteiger partial charge on any atom is 0.408 e. The summed E-state index contributed by atoms with van der Waals surface area (Å²) >= 11 is 0. The number of carbonyl (C=O) groups excluding carboxylic acids is 2. The number of hydrogen-bond acceptors (Lipinski definition) is 5. The van der Waals surface area contributed by atoms with Gasteiger partial charge in [-0.05, 0) is 24.3 Å². The highest BCUT2D eigenvalue weighted by Crippen LogP contribution is 2.35. The summed E-state index contributed by atoms with van der Waals surface area (Å²) < 4.78 is 39.1. The molecule has 8 nitrogen and oxygen atoms in total. The third-order valence-corrected chi connectivity index (χ3v) is 5.06. The Bertz CT molecular complexity index is 1160. The molecule has 0 radical (unpaired) electrons. The number of carbonyl (C=O) groups is 2. The Morgan fingerprint density at radius 3 is 2.81 bits per heavy atom. The van der Waals surface area contributed by atoms with Crippen LogP contribution in [0.2, 0.25) is 0 Å². The van der Waals surface area contributed by atoms with Gasteiger partial charge in [-0.25, -0.2) is 13.6 Å². The van der Waals surface area contributed by atoms with E-state index in [4.69, 9.17) is 9.47 Å². The fourth-order valence-electron chi connectivity index (χ4n) is 3.39. The van der Waals surface area contributed by atoms with Crippen molar-refractivity contribution in [1.82, 2.24) is 15.1 Å². The molecule has 32 heavy (non-hydrogen) atoms. The zero-order valence-electron chi connectivity index (χ0n) is 17.1. The number of halogens is 2. The number of fused-ring (bicyclic) bond motifs is 1. The number of rotatable bonds is 5. The molecule has 3 aromatic rings. The van der Waals surface area contributed by atoms with Crippen molar-refractivity contribution in [3.05, 3.63) is 77.1 Å². The summed E-state index contributed by atoms with van der Waals surface area (Å²) in [6.45, 7) is 0.338. The molecule has 0 saturated carbocycles. The molecule has 2 heterocycles. The number of aryl methyl sites for hydroxylation is 1. The van der Waals surface area contributed by atoms with E-state index in [9.17, 15) is 18.4 Å². The molecular weight excluding hydrogens is 422 g/mol. The van der Waals surface area contributed by atoms with Crippen LogP contribution in [0.15, 0.2) is 48.7 Å². The first-order valence-electron chi connectivity index (χ1n) is 9.84. The second-order valence-corrected chi connectivity index (χ2v) is 7.16. The summed E-state index contributed by atoms with van der Waals surface area (Å²) in [6.07, 6.45) is 1.49. The number of amides is 2. The molecular formula is C22H20F2N4O4. The Labute approximate surface area is 182 Å². The van der Waals surface area contributed by atoms with Gasteiger partial charge in [0.1, 0.15) is 12.4 Å². The lowest BCUT2D eigenvalue weighted by Gasteiger charge is -2.27. The molecule has 0 fully saturated rings. The Balaban J connectivity index is 1.47. The topological polar surface area (TPSA) is 94.5 Å². The van der Waals surface area contributed by atoms with Crippen LogP contribution in [-0.2, 0) is 18.4 Å². The van der Waals surface area contributed by atoms with Gasteiger partial charge >= 0.3 is 6.09 Å². The van der Waals surface area contributed by atoms with E-state index in [1.54, 1.807) is 42.2 Å². The number of benzene rings is 2. The molecule has 0 saturated heterocycles. The van der Waals surface area contributed by atoms with Gasteiger partial charge in [-0.3, -0.25) is 9.48 Å². The van der Waals surface area contributed by atoms with Crippen molar-refractivity contribution in [2.75, 3.05) is 11.9 Å². The summed E-state index contributed by atoms with van der Waals surface area (Å²) in [4.78, 5) is 25.0. The Morgan fingerprint density at radius 2 is 2.06 bits per heavy atom. The van der Waals surface area contributed by atoms with E-state index >= 15 is 0 Å². The van der Waals surface area contributed by atoms with Crippen LogP contribution in [0.4, 0.5) is 19.3 Å². The van der Waals surface area contributed by atoms with E-state index in [0.29, 0.717) is 17.7 Å². The van der Waals surface area contributed by atoms with Crippen molar-refractivity contribution >= 4 is 17.7 Å². The fraction of sp³-hybridized carbons (Fsp3) is 0.227. The normalized spacial score (nSPS) is 14.8. The average molecular weight is 442 g/mol. The summed E-state index contributed by atoms with van der Waals surface area (Å²) in [7, 11) is 1.75. The molecule has 0 bridgehead atoms. The van der Waals surface area contributed by atoms with Gasteiger partial charge in [0.25, 0.3) is 5.91 Å². The molecule has 2 N–H and O–H groups in total. The number of alkyl carbamates (subject to hydrolysis) is 1. The minimum atomic E-state index is -1.07.